The van der Waals surface area contributed by atoms with Crippen LogP contribution in [-0.4, -0.2) is 47.7 Å². The first-order valence-electron chi connectivity index (χ1n) is 5.63. The lowest BCUT2D eigenvalue weighted by Crippen LogP contribution is -2.48. The Morgan fingerprint density at radius 3 is 2.95 bits per heavy atom. The molecule has 2 rings (SSSR count). The molecule has 1 fully saturated rings. The van der Waals surface area contributed by atoms with Gasteiger partial charge in [-0.15, -0.1) is 11.3 Å². The number of hydrogen-bond donors (Lipinski definition) is 1. The fourth-order valence-electron chi connectivity index (χ4n) is 1.68. The van der Waals surface area contributed by atoms with E-state index in [0.29, 0.717) is 6.54 Å². The van der Waals surface area contributed by atoms with Gasteiger partial charge in [0.1, 0.15) is 0 Å². The Morgan fingerprint density at radius 2 is 2.32 bits per heavy atom. The summed E-state index contributed by atoms with van der Waals surface area (Å²) in [6, 6.07) is 3.81. The first-order valence-corrected chi connectivity index (χ1v) is 7.24. The first kappa shape index (κ1) is 14.2. The zero-order chi connectivity index (χ0) is 13.8. The van der Waals surface area contributed by atoms with E-state index < -0.39 is 12.1 Å². The number of amides is 1. The fraction of sp³-hybridized carbons (Fsp3) is 0.333. The fourth-order valence-corrected chi connectivity index (χ4v) is 3.00. The molecule has 0 saturated carbocycles. The Kier molecular flexibility index (Phi) is 4.73. The Hall–Kier alpha value is -1.18. The number of halogens is 1. The molecule has 1 saturated heterocycles. The molecule has 1 unspecified atom stereocenters. The van der Waals surface area contributed by atoms with E-state index in [0.717, 1.165) is 8.66 Å². The standard InChI is InChI=1S/C12H12BrNO4S/c13-10-3-1-8(19-10)2-4-11(15)14-5-6-18-9(7-14)12(16)17/h1-4,9H,5-7H2,(H,16,17). The van der Waals surface area contributed by atoms with Crippen molar-refractivity contribution < 1.29 is 19.4 Å². The van der Waals surface area contributed by atoms with Crippen LogP contribution in [0.3, 0.4) is 0 Å². The van der Waals surface area contributed by atoms with E-state index in [2.05, 4.69) is 15.9 Å². The van der Waals surface area contributed by atoms with Crippen molar-refractivity contribution in [3.63, 3.8) is 0 Å². The van der Waals surface area contributed by atoms with Crippen LogP contribution in [0.25, 0.3) is 6.08 Å². The molecule has 102 valence electrons. The van der Waals surface area contributed by atoms with Crippen molar-refractivity contribution in [1.29, 1.82) is 0 Å². The van der Waals surface area contributed by atoms with Gasteiger partial charge in [-0.3, -0.25) is 4.79 Å². The highest BCUT2D eigenvalue weighted by Crippen LogP contribution is 2.23. The van der Waals surface area contributed by atoms with Crippen molar-refractivity contribution in [2.24, 2.45) is 0 Å². The number of carbonyl (C=O) groups is 2. The third-order valence-corrected chi connectivity index (χ3v) is 4.23. The van der Waals surface area contributed by atoms with Gasteiger partial charge in [-0.05, 0) is 34.1 Å². The summed E-state index contributed by atoms with van der Waals surface area (Å²) in [5.41, 5.74) is 0. The Balaban J connectivity index is 1.96. The summed E-state index contributed by atoms with van der Waals surface area (Å²) >= 11 is 4.87. The summed E-state index contributed by atoms with van der Waals surface area (Å²) in [6.07, 6.45) is 2.26. The number of rotatable bonds is 3. The van der Waals surface area contributed by atoms with Gasteiger partial charge in [0, 0.05) is 17.5 Å². The summed E-state index contributed by atoms with van der Waals surface area (Å²) in [6.45, 7) is 0.759. The maximum Gasteiger partial charge on any atom is 0.334 e. The molecule has 1 aliphatic rings. The summed E-state index contributed by atoms with van der Waals surface area (Å²) < 4.78 is 6.06. The van der Waals surface area contributed by atoms with E-state index in [1.807, 2.05) is 12.1 Å². The number of thiophene rings is 1. The van der Waals surface area contributed by atoms with Crippen LogP contribution in [0.4, 0.5) is 0 Å². The van der Waals surface area contributed by atoms with E-state index >= 15 is 0 Å². The van der Waals surface area contributed by atoms with Crippen molar-refractivity contribution in [2.45, 2.75) is 6.10 Å². The molecule has 0 spiro atoms. The second kappa shape index (κ2) is 6.31. The minimum Gasteiger partial charge on any atom is -0.479 e. The molecule has 1 aliphatic heterocycles. The summed E-state index contributed by atoms with van der Waals surface area (Å²) in [5.74, 6) is -1.23. The number of hydrogen-bond acceptors (Lipinski definition) is 4. The van der Waals surface area contributed by atoms with E-state index in [1.54, 1.807) is 6.08 Å². The molecule has 1 aromatic rings. The number of morpholine rings is 1. The summed E-state index contributed by atoms with van der Waals surface area (Å²) in [7, 11) is 0. The van der Waals surface area contributed by atoms with E-state index in [9.17, 15) is 9.59 Å². The quantitative estimate of drug-likeness (QED) is 0.848. The molecular weight excluding hydrogens is 334 g/mol. The van der Waals surface area contributed by atoms with Crippen molar-refractivity contribution in [1.82, 2.24) is 4.90 Å². The normalized spacial score (nSPS) is 19.8. The topological polar surface area (TPSA) is 66.8 Å². The Labute approximate surface area is 122 Å². The average Bonchev–Trinajstić information content (AvgIpc) is 2.82. The van der Waals surface area contributed by atoms with Gasteiger partial charge in [-0.1, -0.05) is 0 Å². The molecule has 0 radical (unpaired) electrons. The predicted octanol–water partition coefficient (Wildman–Crippen LogP) is 1.84. The molecule has 7 heteroatoms. The van der Waals surface area contributed by atoms with E-state index in [4.69, 9.17) is 9.84 Å². The van der Waals surface area contributed by atoms with Crippen LogP contribution in [0.2, 0.25) is 0 Å². The van der Waals surface area contributed by atoms with Crippen LogP contribution in [0.5, 0.6) is 0 Å². The molecule has 0 aliphatic carbocycles. The van der Waals surface area contributed by atoms with Gasteiger partial charge >= 0.3 is 5.97 Å². The molecule has 1 atom stereocenters. The largest absolute Gasteiger partial charge is 0.479 e. The number of aliphatic carboxylic acids is 1. The minimum atomic E-state index is -1.04. The van der Waals surface area contributed by atoms with Crippen LogP contribution in [0.15, 0.2) is 22.0 Å². The van der Waals surface area contributed by atoms with Gasteiger partial charge in [-0.2, -0.15) is 0 Å². The number of carbonyl (C=O) groups excluding carboxylic acids is 1. The Bertz CT molecular complexity index is 514. The van der Waals surface area contributed by atoms with Crippen molar-refractivity contribution in [2.75, 3.05) is 19.7 Å². The second-order valence-corrected chi connectivity index (χ2v) is 6.45. The number of nitrogens with zero attached hydrogens (tertiary/aromatic N) is 1. The molecule has 1 amide bonds. The number of carboxylic acid groups (broad SMARTS) is 1. The predicted molar refractivity (Wildman–Crippen MR) is 75.0 cm³/mol. The van der Waals surface area contributed by atoms with Gasteiger partial charge in [0.25, 0.3) is 0 Å². The highest BCUT2D eigenvalue weighted by Gasteiger charge is 2.27. The zero-order valence-corrected chi connectivity index (χ0v) is 12.3. The molecule has 5 nitrogen and oxygen atoms in total. The van der Waals surface area contributed by atoms with Gasteiger partial charge in [0.15, 0.2) is 6.10 Å². The van der Waals surface area contributed by atoms with Crippen LogP contribution in [0.1, 0.15) is 4.88 Å². The lowest BCUT2D eigenvalue weighted by Gasteiger charge is -2.30. The SMILES string of the molecule is O=C(O)C1CN(C(=O)C=Cc2ccc(Br)s2)CCO1. The van der Waals surface area contributed by atoms with Crippen LogP contribution < -0.4 is 0 Å². The van der Waals surface area contributed by atoms with Crippen LogP contribution >= 0.6 is 27.3 Å². The molecular formula is C12H12BrNO4S. The first-order chi connectivity index (χ1) is 9.06. The molecule has 1 aromatic heterocycles. The van der Waals surface area contributed by atoms with Crippen molar-refractivity contribution in [3.8, 4) is 0 Å². The monoisotopic (exact) mass is 345 g/mol. The molecule has 0 bridgehead atoms. The van der Waals surface area contributed by atoms with Gasteiger partial charge in [0.05, 0.1) is 16.9 Å². The maximum atomic E-state index is 11.9. The highest BCUT2D eigenvalue weighted by atomic mass is 79.9. The minimum absolute atomic E-state index is 0.0899. The lowest BCUT2D eigenvalue weighted by atomic mass is 10.2. The molecule has 2 heterocycles. The van der Waals surface area contributed by atoms with Gasteiger partial charge in [-0.25, -0.2) is 4.79 Å². The van der Waals surface area contributed by atoms with Gasteiger partial charge < -0.3 is 14.7 Å². The number of carboxylic acids is 1. The van der Waals surface area contributed by atoms with Gasteiger partial charge in [0.2, 0.25) is 5.91 Å². The maximum absolute atomic E-state index is 11.9. The summed E-state index contributed by atoms with van der Waals surface area (Å²) in [4.78, 5) is 25.2. The Morgan fingerprint density at radius 1 is 1.53 bits per heavy atom. The van der Waals surface area contributed by atoms with E-state index in [1.165, 1.54) is 22.3 Å². The van der Waals surface area contributed by atoms with Crippen LogP contribution in [-0.2, 0) is 14.3 Å². The van der Waals surface area contributed by atoms with E-state index in [-0.39, 0.29) is 19.1 Å². The highest BCUT2D eigenvalue weighted by molar-refractivity contribution is 9.11. The van der Waals surface area contributed by atoms with Crippen molar-refractivity contribution >= 4 is 45.2 Å². The lowest BCUT2D eigenvalue weighted by molar-refractivity contribution is -0.158. The average molecular weight is 346 g/mol. The third kappa shape index (κ3) is 3.89. The summed E-state index contributed by atoms with van der Waals surface area (Å²) in [5, 5.41) is 8.86. The number of ether oxygens (including phenoxy) is 1. The van der Waals surface area contributed by atoms with Crippen LogP contribution in [0, 0.1) is 0 Å². The molecule has 0 aromatic carbocycles. The molecule has 19 heavy (non-hydrogen) atoms. The van der Waals surface area contributed by atoms with Crippen molar-refractivity contribution in [3.05, 3.63) is 26.9 Å². The smallest absolute Gasteiger partial charge is 0.334 e. The second-order valence-electron chi connectivity index (χ2n) is 3.96. The zero-order valence-electron chi connectivity index (χ0n) is 9.91. The molecule has 1 N–H and O–H groups in total. The third-order valence-electron chi connectivity index (χ3n) is 2.64.